The average molecular weight is 353 g/mol. The predicted molar refractivity (Wildman–Crippen MR) is 105 cm³/mol. The van der Waals surface area contributed by atoms with Crippen LogP contribution >= 0.6 is 0 Å². The van der Waals surface area contributed by atoms with Crippen LogP contribution in [-0.2, 0) is 6.54 Å². The Balaban J connectivity index is 1.55. The van der Waals surface area contributed by atoms with Gasteiger partial charge in [0.05, 0.1) is 7.11 Å². The molecule has 0 unspecified atom stereocenters. The number of benzene rings is 2. The zero-order chi connectivity index (χ0) is 18.5. The molecule has 2 amide bonds. The fourth-order valence-corrected chi connectivity index (χ4v) is 3.57. The summed E-state index contributed by atoms with van der Waals surface area (Å²) in [7, 11) is 1.65. The van der Waals surface area contributed by atoms with E-state index in [2.05, 4.69) is 42.3 Å². The lowest BCUT2D eigenvalue weighted by Gasteiger charge is -2.37. The highest BCUT2D eigenvalue weighted by molar-refractivity contribution is 5.74. The van der Waals surface area contributed by atoms with E-state index < -0.39 is 0 Å². The third kappa shape index (κ3) is 3.93. The molecule has 0 atom stereocenters. The number of rotatable bonds is 4. The van der Waals surface area contributed by atoms with Crippen LogP contribution in [0.2, 0.25) is 0 Å². The molecule has 2 aromatic rings. The van der Waals surface area contributed by atoms with Crippen LogP contribution in [0.15, 0.2) is 42.5 Å². The van der Waals surface area contributed by atoms with Crippen molar-refractivity contribution in [1.82, 2.24) is 10.2 Å². The molecule has 1 heterocycles. The number of hydrogen-bond donors (Lipinski definition) is 1. The topological polar surface area (TPSA) is 44.8 Å². The maximum absolute atomic E-state index is 12.5. The largest absolute Gasteiger partial charge is 0.496 e. The molecule has 0 aromatic heterocycles. The zero-order valence-corrected chi connectivity index (χ0v) is 15.8. The average Bonchev–Trinajstić information content (AvgIpc) is 2.66. The van der Waals surface area contributed by atoms with Gasteiger partial charge in [0, 0.05) is 44.0 Å². The summed E-state index contributed by atoms with van der Waals surface area (Å²) in [6.07, 6.45) is 0. The van der Waals surface area contributed by atoms with Crippen molar-refractivity contribution in [3.8, 4) is 5.75 Å². The number of piperazine rings is 1. The summed E-state index contributed by atoms with van der Waals surface area (Å²) in [5.74, 6) is 0.799. The molecule has 1 saturated heterocycles. The molecule has 5 nitrogen and oxygen atoms in total. The summed E-state index contributed by atoms with van der Waals surface area (Å²) in [4.78, 5) is 16.8. The highest BCUT2D eigenvalue weighted by Gasteiger charge is 2.22. The van der Waals surface area contributed by atoms with Crippen LogP contribution in [0.25, 0.3) is 0 Å². The lowest BCUT2D eigenvalue weighted by molar-refractivity contribution is 0.194. The third-order valence-corrected chi connectivity index (χ3v) is 4.95. The van der Waals surface area contributed by atoms with E-state index in [0.717, 1.165) is 37.5 Å². The van der Waals surface area contributed by atoms with E-state index in [-0.39, 0.29) is 6.03 Å². The molecule has 138 valence electrons. The molecule has 2 aromatic carbocycles. The van der Waals surface area contributed by atoms with Crippen molar-refractivity contribution in [2.45, 2.75) is 20.4 Å². The number of nitrogens with zero attached hydrogens (tertiary/aromatic N) is 2. The van der Waals surface area contributed by atoms with Gasteiger partial charge in [-0.1, -0.05) is 36.4 Å². The van der Waals surface area contributed by atoms with E-state index in [0.29, 0.717) is 6.54 Å². The number of anilines is 1. The van der Waals surface area contributed by atoms with Gasteiger partial charge in [-0.3, -0.25) is 0 Å². The second-order valence-corrected chi connectivity index (χ2v) is 6.69. The van der Waals surface area contributed by atoms with E-state index >= 15 is 0 Å². The van der Waals surface area contributed by atoms with Crippen molar-refractivity contribution in [2.75, 3.05) is 38.2 Å². The number of para-hydroxylation sites is 2. The minimum absolute atomic E-state index is 0.0166. The Labute approximate surface area is 155 Å². The predicted octanol–water partition coefficient (Wildman–Crippen LogP) is 3.34. The zero-order valence-electron chi connectivity index (χ0n) is 15.8. The normalized spacial score (nSPS) is 14.3. The van der Waals surface area contributed by atoms with Gasteiger partial charge in [0.25, 0.3) is 0 Å². The molecule has 0 saturated carbocycles. The first-order valence-electron chi connectivity index (χ1n) is 9.06. The van der Waals surface area contributed by atoms with E-state index in [1.807, 2.05) is 29.2 Å². The minimum atomic E-state index is -0.0166. The van der Waals surface area contributed by atoms with Gasteiger partial charge in [-0.2, -0.15) is 0 Å². The van der Waals surface area contributed by atoms with Gasteiger partial charge in [0.1, 0.15) is 5.75 Å². The number of aryl methyl sites for hydroxylation is 2. The number of carbonyl (C=O) groups is 1. The van der Waals surface area contributed by atoms with Crippen LogP contribution in [0.3, 0.4) is 0 Å². The van der Waals surface area contributed by atoms with E-state index in [1.165, 1.54) is 16.8 Å². The summed E-state index contributed by atoms with van der Waals surface area (Å²) in [6.45, 7) is 7.93. The van der Waals surface area contributed by atoms with Crippen molar-refractivity contribution in [3.63, 3.8) is 0 Å². The first kappa shape index (κ1) is 18.1. The van der Waals surface area contributed by atoms with Gasteiger partial charge in [0.15, 0.2) is 0 Å². The molecule has 1 aliphatic heterocycles. The second kappa shape index (κ2) is 8.13. The van der Waals surface area contributed by atoms with Crippen molar-refractivity contribution < 1.29 is 9.53 Å². The molecule has 1 N–H and O–H groups in total. The Morgan fingerprint density at radius 3 is 2.31 bits per heavy atom. The highest BCUT2D eigenvalue weighted by Crippen LogP contribution is 2.25. The Morgan fingerprint density at radius 1 is 1.00 bits per heavy atom. The van der Waals surface area contributed by atoms with Gasteiger partial charge in [-0.05, 0) is 31.0 Å². The summed E-state index contributed by atoms with van der Waals surface area (Å²) in [5.41, 5.74) is 4.87. The third-order valence-electron chi connectivity index (χ3n) is 4.95. The van der Waals surface area contributed by atoms with Crippen molar-refractivity contribution in [2.24, 2.45) is 0 Å². The molecule has 5 heteroatoms. The number of methoxy groups -OCH3 is 1. The van der Waals surface area contributed by atoms with Gasteiger partial charge < -0.3 is 19.9 Å². The van der Waals surface area contributed by atoms with Crippen molar-refractivity contribution >= 4 is 11.7 Å². The lowest BCUT2D eigenvalue weighted by atomic mass is 10.1. The number of urea groups is 1. The van der Waals surface area contributed by atoms with Crippen molar-refractivity contribution in [3.05, 3.63) is 59.2 Å². The summed E-state index contributed by atoms with van der Waals surface area (Å²) in [5, 5.41) is 3.01. The number of ether oxygens (including phenoxy) is 1. The SMILES string of the molecule is COc1ccccc1CNC(=O)N1CCN(c2c(C)cccc2C)CC1. The number of hydrogen-bond acceptors (Lipinski definition) is 3. The van der Waals surface area contributed by atoms with Crippen LogP contribution in [0, 0.1) is 13.8 Å². The number of carbonyl (C=O) groups excluding carboxylic acids is 1. The molecule has 0 radical (unpaired) electrons. The van der Waals surface area contributed by atoms with E-state index in [4.69, 9.17) is 4.74 Å². The van der Waals surface area contributed by atoms with Gasteiger partial charge in [-0.15, -0.1) is 0 Å². The Hall–Kier alpha value is -2.69. The molecule has 26 heavy (non-hydrogen) atoms. The Kier molecular flexibility index (Phi) is 5.66. The van der Waals surface area contributed by atoms with Gasteiger partial charge in [0.2, 0.25) is 0 Å². The van der Waals surface area contributed by atoms with Gasteiger partial charge >= 0.3 is 6.03 Å². The van der Waals surface area contributed by atoms with Crippen molar-refractivity contribution in [1.29, 1.82) is 0 Å². The molecular formula is C21H27N3O2. The maximum Gasteiger partial charge on any atom is 0.317 e. The summed E-state index contributed by atoms with van der Waals surface area (Å²) in [6, 6.07) is 14.1. The number of nitrogens with one attached hydrogen (secondary N) is 1. The Morgan fingerprint density at radius 2 is 1.65 bits per heavy atom. The molecule has 1 aliphatic rings. The highest BCUT2D eigenvalue weighted by atomic mass is 16.5. The number of amides is 2. The summed E-state index contributed by atoms with van der Waals surface area (Å²) < 4.78 is 5.34. The standard InChI is InChI=1S/C21H27N3O2/c1-16-7-6-8-17(2)20(16)23-11-13-24(14-12-23)21(25)22-15-18-9-4-5-10-19(18)26-3/h4-10H,11-15H2,1-3H3,(H,22,25). The van der Waals surface area contributed by atoms with Crippen LogP contribution in [0.5, 0.6) is 5.75 Å². The fraction of sp³-hybridized carbons (Fsp3) is 0.381. The van der Waals surface area contributed by atoms with E-state index in [1.54, 1.807) is 7.11 Å². The molecule has 3 rings (SSSR count). The molecule has 0 aliphatic carbocycles. The first-order chi connectivity index (χ1) is 12.6. The maximum atomic E-state index is 12.5. The fourth-order valence-electron chi connectivity index (χ4n) is 3.57. The quantitative estimate of drug-likeness (QED) is 0.917. The van der Waals surface area contributed by atoms with Crippen LogP contribution in [0.1, 0.15) is 16.7 Å². The lowest BCUT2D eigenvalue weighted by Crippen LogP contribution is -2.52. The molecular weight excluding hydrogens is 326 g/mol. The van der Waals surface area contributed by atoms with Crippen LogP contribution < -0.4 is 15.0 Å². The van der Waals surface area contributed by atoms with Gasteiger partial charge in [-0.25, -0.2) is 4.79 Å². The second-order valence-electron chi connectivity index (χ2n) is 6.69. The molecule has 0 bridgehead atoms. The minimum Gasteiger partial charge on any atom is -0.496 e. The first-order valence-corrected chi connectivity index (χ1v) is 9.06. The van der Waals surface area contributed by atoms with Crippen LogP contribution in [0.4, 0.5) is 10.5 Å². The van der Waals surface area contributed by atoms with Crippen LogP contribution in [-0.4, -0.2) is 44.2 Å². The monoisotopic (exact) mass is 353 g/mol. The van der Waals surface area contributed by atoms with E-state index in [9.17, 15) is 4.79 Å². The smallest absolute Gasteiger partial charge is 0.317 e. The Bertz CT molecular complexity index is 747. The molecule has 1 fully saturated rings. The molecule has 0 spiro atoms. The summed E-state index contributed by atoms with van der Waals surface area (Å²) >= 11 is 0.